The average Bonchev–Trinajstić information content (AvgIpc) is 2.92. The van der Waals surface area contributed by atoms with Crippen LogP contribution in [0.4, 0.5) is 4.79 Å². The predicted molar refractivity (Wildman–Crippen MR) is 84.2 cm³/mol. The molecule has 2 fully saturated rings. The third-order valence-corrected chi connectivity index (χ3v) is 5.56. The van der Waals surface area contributed by atoms with E-state index in [1.54, 1.807) is 11.3 Å². The third kappa shape index (κ3) is 2.45. The summed E-state index contributed by atoms with van der Waals surface area (Å²) >= 11 is 1.55. The number of amides is 3. The van der Waals surface area contributed by atoms with Crippen molar-refractivity contribution < 1.29 is 14.4 Å². The second-order valence-electron chi connectivity index (χ2n) is 6.21. The summed E-state index contributed by atoms with van der Waals surface area (Å²) in [6, 6.07) is 1.40. The van der Waals surface area contributed by atoms with Crippen LogP contribution in [0.3, 0.4) is 0 Å². The third-order valence-electron chi connectivity index (χ3n) is 4.60. The fraction of sp³-hybridized carbons (Fsp3) is 0.562. The zero-order chi connectivity index (χ0) is 15.9. The van der Waals surface area contributed by atoms with Gasteiger partial charge < -0.3 is 5.32 Å². The first kappa shape index (κ1) is 15.2. The van der Waals surface area contributed by atoms with Crippen molar-refractivity contribution in [1.82, 2.24) is 10.2 Å². The van der Waals surface area contributed by atoms with Gasteiger partial charge in [-0.05, 0) is 32.8 Å². The van der Waals surface area contributed by atoms with E-state index in [2.05, 4.69) is 5.32 Å². The molecule has 0 unspecified atom stereocenters. The van der Waals surface area contributed by atoms with Gasteiger partial charge in [-0.1, -0.05) is 19.3 Å². The van der Waals surface area contributed by atoms with Crippen LogP contribution in [0, 0.1) is 13.8 Å². The SMILES string of the molecule is Cc1cc(C(=O)CN2C(=O)NC3(CCCCC3)C2=O)c(C)s1. The largest absolute Gasteiger partial charge is 0.325 e. The molecule has 0 aromatic carbocycles. The van der Waals surface area contributed by atoms with E-state index >= 15 is 0 Å². The van der Waals surface area contributed by atoms with Crippen LogP contribution in [0.25, 0.3) is 0 Å². The number of imide groups is 1. The van der Waals surface area contributed by atoms with Crippen LogP contribution in [0.5, 0.6) is 0 Å². The minimum absolute atomic E-state index is 0.163. The fourth-order valence-electron chi connectivity index (χ4n) is 3.45. The van der Waals surface area contributed by atoms with Gasteiger partial charge in [-0.3, -0.25) is 14.5 Å². The highest BCUT2D eigenvalue weighted by atomic mass is 32.1. The summed E-state index contributed by atoms with van der Waals surface area (Å²) in [6.07, 6.45) is 4.34. The van der Waals surface area contributed by atoms with Gasteiger partial charge in [0.05, 0.1) is 6.54 Å². The lowest BCUT2D eigenvalue weighted by molar-refractivity contribution is -0.132. The lowest BCUT2D eigenvalue weighted by Gasteiger charge is -2.30. The van der Waals surface area contributed by atoms with E-state index in [4.69, 9.17) is 0 Å². The smallest absolute Gasteiger partial charge is 0.323 e. The Labute approximate surface area is 133 Å². The fourth-order valence-corrected chi connectivity index (χ4v) is 4.39. The molecule has 3 rings (SSSR count). The molecule has 22 heavy (non-hydrogen) atoms. The number of Topliss-reactive ketones (excluding diaryl/α,β-unsaturated/α-hetero) is 1. The van der Waals surface area contributed by atoms with Gasteiger partial charge in [0, 0.05) is 15.3 Å². The molecule has 118 valence electrons. The number of hydrogen-bond donors (Lipinski definition) is 1. The van der Waals surface area contributed by atoms with Crippen molar-refractivity contribution in [3.63, 3.8) is 0 Å². The van der Waals surface area contributed by atoms with Crippen LogP contribution < -0.4 is 5.32 Å². The Hall–Kier alpha value is -1.69. The second-order valence-corrected chi connectivity index (χ2v) is 7.67. The zero-order valence-corrected chi connectivity index (χ0v) is 13.7. The van der Waals surface area contributed by atoms with E-state index in [0.717, 1.165) is 33.9 Å². The van der Waals surface area contributed by atoms with E-state index in [1.807, 2.05) is 19.9 Å². The van der Waals surface area contributed by atoms with Crippen molar-refractivity contribution in [2.24, 2.45) is 0 Å². The maximum absolute atomic E-state index is 12.6. The van der Waals surface area contributed by atoms with Gasteiger partial charge in [-0.25, -0.2) is 4.79 Å². The van der Waals surface area contributed by atoms with Gasteiger partial charge in [0.2, 0.25) is 0 Å². The molecule has 1 aromatic rings. The van der Waals surface area contributed by atoms with E-state index in [1.165, 1.54) is 0 Å². The second kappa shape index (κ2) is 5.50. The average molecular weight is 320 g/mol. The molecule has 0 radical (unpaired) electrons. The van der Waals surface area contributed by atoms with Crippen LogP contribution in [-0.2, 0) is 4.79 Å². The molecule has 0 atom stereocenters. The Balaban J connectivity index is 1.78. The Bertz CT molecular complexity index is 644. The number of thiophene rings is 1. The highest BCUT2D eigenvalue weighted by Crippen LogP contribution is 2.33. The number of nitrogens with zero attached hydrogens (tertiary/aromatic N) is 1. The predicted octanol–water partition coefficient (Wildman–Crippen LogP) is 2.80. The van der Waals surface area contributed by atoms with Crippen molar-refractivity contribution in [1.29, 1.82) is 0 Å². The molecule has 1 saturated heterocycles. The summed E-state index contributed by atoms with van der Waals surface area (Å²) in [5.41, 5.74) is -0.137. The first-order valence-electron chi connectivity index (χ1n) is 7.67. The number of carbonyl (C=O) groups is 3. The molecule has 1 aliphatic carbocycles. The normalized spacial score (nSPS) is 20.5. The van der Waals surface area contributed by atoms with Gasteiger partial charge in [-0.2, -0.15) is 0 Å². The first-order chi connectivity index (χ1) is 10.4. The van der Waals surface area contributed by atoms with E-state index in [9.17, 15) is 14.4 Å². The molecule has 1 spiro atoms. The van der Waals surface area contributed by atoms with Gasteiger partial charge in [0.1, 0.15) is 5.54 Å². The molecule has 2 heterocycles. The summed E-state index contributed by atoms with van der Waals surface area (Å²) in [5.74, 6) is -0.395. The number of carbonyl (C=O) groups excluding carboxylic acids is 3. The maximum Gasteiger partial charge on any atom is 0.325 e. The summed E-state index contributed by atoms with van der Waals surface area (Å²) < 4.78 is 0. The highest BCUT2D eigenvalue weighted by Gasteiger charge is 2.51. The summed E-state index contributed by atoms with van der Waals surface area (Å²) in [6.45, 7) is 3.67. The number of hydrogen-bond acceptors (Lipinski definition) is 4. The van der Waals surface area contributed by atoms with Crippen LogP contribution in [0.1, 0.15) is 52.2 Å². The lowest BCUT2D eigenvalue weighted by atomic mass is 9.82. The lowest BCUT2D eigenvalue weighted by Crippen LogP contribution is -2.48. The number of nitrogens with one attached hydrogen (secondary N) is 1. The standard InChI is InChI=1S/C16H20N2O3S/c1-10-8-12(11(2)22-10)13(19)9-18-14(20)16(17-15(18)21)6-4-3-5-7-16/h8H,3-7,9H2,1-2H3,(H,17,21). The minimum Gasteiger partial charge on any atom is -0.323 e. The molecule has 5 nitrogen and oxygen atoms in total. The molecule has 1 aliphatic heterocycles. The van der Waals surface area contributed by atoms with Crippen LogP contribution >= 0.6 is 11.3 Å². The maximum atomic E-state index is 12.6. The van der Waals surface area contributed by atoms with E-state index in [-0.39, 0.29) is 18.2 Å². The van der Waals surface area contributed by atoms with E-state index < -0.39 is 11.6 Å². The summed E-state index contributed by atoms with van der Waals surface area (Å²) in [7, 11) is 0. The Morgan fingerprint density at radius 1 is 1.27 bits per heavy atom. The minimum atomic E-state index is -0.755. The van der Waals surface area contributed by atoms with Crippen LogP contribution in [0.2, 0.25) is 0 Å². The Morgan fingerprint density at radius 2 is 1.95 bits per heavy atom. The quantitative estimate of drug-likeness (QED) is 0.688. The van der Waals surface area contributed by atoms with Gasteiger partial charge in [0.15, 0.2) is 5.78 Å². The monoisotopic (exact) mass is 320 g/mol. The molecule has 0 bridgehead atoms. The number of ketones is 1. The topological polar surface area (TPSA) is 66.5 Å². The molecule has 6 heteroatoms. The van der Waals surface area contributed by atoms with Crippen molar-refractivity contribution in [3.8, 4) is 0 Å². The van der Waals surface area contributed by atoms with Gasteiger partial charge in [0.25, 0.3) is 5.91 Å². The molecule has 1 saturated carbocycles. The number of urea groups is 1. The Kier molecular flexibility index (Phi) is 3.80. The van der Waals surface area contributed by atoms with Gasteiger partial charge >= 0.3 is 6.03 Å². The molecule has 1 aromatic heterocycles. The van der Waals surface area contributed by atoms with Crippen molar-refractivity contribution in [3.05, 3.63) is 21.4 Å². The van der Waals surface area contributed by atoms with Crippen molar-refractivity contribution in [2.75, 3.05) is 6.54 Å². The number of rotatable bonds is 3. The molecular weight excluding hydrogens is 300 g/mol. The molecular formula is C16H20N2O3S. The van der Waals surface area contributed by atoms with Gasteiger partial charge in [-0.15, -0.1) is 11.3 Å². The van der Waals surface area contributed by atoms with Crippen molar-refractivity contribution in [2.45, 2.75) is 51.5 Å². The molecule has 3 amide bonds. The van der Waals surface area contributed by atoms with Crippen LogP contribution in [0.15, 0.2) is 6.07 Å². The number of aryl methyl sites for hydroxylation is 2. The first-order valence-corrected chi connectivity index (χ1v) is 8.49. The zero-order valence-electron chi connectivity index (χ0n) is 12.9. The van der Waals surface area contributed by atoms with Crippen molar-refractivity contribution >= 4 is 29.1 Å². The summed E-state index contributed by atoms with van der Waals surface area (Å²) in [4.78, 5) is 40.3. The highest BCUT2D eigenvalue weighted by molar-refractivity contribution is 7.12. The Morgan fingerprint density at radius 3 is 2.55 bits per heavy atom. The molecule has 1 N–H and O–H groups in total. The van der Waals surface area contributed by atoms with E-state index in [0.29, 0.717) is 18.4 Å². The summed E-state index contributed by atoms with van der Waals surface area (Å²) in [5, 5.41) is 2.83. The molecule has 2 aliphatic rings. The van der Waals surface area contributed by atoms with Crippen LogP contribution in [-0.4, -0.2) is 34.7 Å².